The second kappa shape index (κ2) is 3.42. The van der Waals surface area contributed by atoms with Crippen LogP contribution in [0, 0.1) is 6.92 Å². The molecule has 2 N–H and O–H groups in total. The molecule has 68 valence electrons. The Hall–Kier alpha value is -0.960. The van der Waals surface area contributed by atoms with Gasteiger partial charge in [0.25, 0.3) is 0 Å². The number of nitrogen functional groups attached to an aromatic ring is 1. The van der Waals surface area contributed by atoms with Gasteiger partial charge in [0.15, 0.2) is 0 Å². The molecule has 2 rings (SSSR count). The lowest BCUT2D eigenvalue weighted by Crippen LogP contribution is -1.98. The van der Waals surface area contributed by atoms with E-state index in [0.29, 0.717) is 11.1 Å². The van der Waals surface area contributed by atoms with E-state index in [0.717, 1.165) is 6.42 Å². The quantitative estimate of drug-likeness (QED) is 0.743. The molecule has 1 atom stereocenters. The zero-order chi connectivity index (χ0) is 9.26. The summed E-state index contributed by atoms with van der Waals surface area (Å²) in [5.74, 6) is 0.619. The molecule has 0 radical (unpaired) electrons. The fourth-order valence-corrected chi connectivity index (χ4v) is 2.52. The van der Waals surface area contributed by atoms with E-state index >= 15 is 0 Å². The lowest BCUT2D eigenvalue weighted by atomic mass is 10.1. The number of nitrogens with zero attached hydrogens (tertiary/aromatic N) is 1. The van der Waals surface area contributed by atoms with Gasteiger partial charge in [0.2, 0.25) is 0 Å². The van der Waals surface area contributed by atoms with E-state index in [1.165, 1.54) is 11.1 Å². The molecule has 0 saturated carbocycles. The number of nitrogens with two attached hydrogens (primary N) is 1. The van der Waals surface area contributed by atoms with Crippen molar-refractivity contribution in [3.63, 3.8) is 0 Å². The summed E-state index contributed by atoms with van der Waals surface area (Å²) in [7, 11) is 0. The van der Waals surface area contributed by atoms with Gasteiger partial charge in [0.05, 0.1) is 0 Å². The summed E-state index contributed by atoms with van der Waals surface area (Å²) in [6.45, 7) is 2.08. The van der Waals surface area contributed by atoms with Crippen LogP contribution in [0.1, 0.15) is 22.8 Å². The van der Waals surface area contributed by atoms with Crippen LogP contribution in [0.4, 0.5) is 5.82 Å². The SMILES string of the molecule is Cc1cnc(N)cc1C1CC=CS1. The summed E-state index contributed by atoms with van der Waals surface area (Å²) in [5, 5.41) is 2.70. The summed E-state index contributed by atoms with van der Waals surface area (Å²) in [5.41, 5.74) is 8.21. The van der Waals surface area contributed by atoms with E-state index in [4.69, 9.17) is 5.73 Å². The number of hydrogen-bond donors (Lipinski definition) is 1. The average Bonchev–Trinajstić information content (AvgIpc) is 2.61. The van der Waals surface area contributed by atoms with Crippen LogP contribution in [0.25, 0.3) is 0 Å². The summed E-state index contributed by atoms with van der Waals surface area (Å²) < 4.78 is 0. The third kappa shape index (κ3) is 1.70. The van der Waals surface area contributed by atoms with Crippen molar-refractivity contribution in [2.45, 2.75) is 18.6 Å². The molecule has 0 spiro atoms. The Labute approximate surface area is 82.2 Å². The topological polar surface area (TPSA) is 38.9 Å². The van der Waals surface area contributed by atoms with Crippen molar-refractivity contribution >= 4 is 17.6 Å². The molecule has 3 heteroatoms. The van der Waals surface area contributed by atoms with E-state index in [1.54, 1.807) is 0 Å². The normalized spacial score (nSPS) is 20.8. The molecule has 0 aliphatic carbocycles. The molecule has 0 aromatic carbocycles. The Balaban J connectivity index is 2.33. The van der Waals surface area contributed by atoms with Gasteiger partial charge in [-0.2, -0.15) is 0 Å². The predicted molar refractivity (Wildman–Crippen MR) is 57.5 cm³/mol. The second-order valence-corrected chi connectivity index (χ2v) is 4.31. The van der Waals surface area contributed by atoms with Gasteiger partial charge in [-0.3, -0.25) is 0 Å². The summed E-state index contributed by atoms with van der Waals surface area (Å²) in [6.07, 6.45) is 5.16. The van der Waals surface area contributed by atoms with Crippen molar-refractivity contribution < 1.29 is 0 Å². The number of hydrogen-bond acceptors (Lipinski definition) is 3. The van der Waals surface area contributed by atoms with Crippen LogP contribution in [0.5, 0.6) is 0 Å². The monoisotopic (exact) mass is 192 g/mol. The number of allylic oxidation sites excluding steroid dienone is 1. The molecule has 0 bridgehead atoms. The largest absolute Gasteiger partial charge is 0.384 e. The fraction of sp³-hybridized carbons (Fsp3) is 0.300. The Morgan fingerprint density at radius 1 is 1.62 bits per heavy atom. The molecular formula is C10H12N2S. The van der Waals surface area contributed by atoms with Crippen molar-refractivity contribution in [2.24, 2.45) is 0 Å². The Kier molecular flexibility index (Phi) is 2.27. The highest BCUT2D eigenvalue weighted by Gasteiger charge is 2.15. The first kappa shape index (κ1) is 8.63. The smallest absolute Gasteiger partial charge is 0.123 e. The Morgan fingerprint density at radius 2 is 2.46 bits per heavy atom. The van der Waals surface area contributed by atoms with E-state index < -0.39 is 0 Å². The van der Waals surface area contributed by atoms with Gasteiger partial charge in [-0.05, 0) is 35.9 Å². The van der Waals surface area contributed by atoms with Crippen LogP contribution >= 0.6 is 11.8 Å². The number of thioether (sulfide) groups is 1. The van der Waals surface area contributed by atoms with Crippen LogP contribution in [0.2, 0.25) is 0 Å². The molecule has 2 nitrogen and oxygen atoms in total. The number of aromatic nitrogens is 1. The molecule has 0 saturated heterocycles. The van der Waals surface area contributed by atoms with Crippen molar-refractivity contribution in [1.82, 2.24) is 4.98 Å². The minimum absolute atomic E-state index is 0.547. The zero-order valence-electron chi connectivity index (χ0n) is 7.53. The second-order valence-electron chi connectivity index (χ2n) is 3.20. The third-order valence-corrected chi connectivity index (χ3v) is 3.33. The highest BCUT2D eigenvalue weighted by molar-refractivity contribution is 8.02. The maximum Gasteiger partial charge on any atom is 0.123 e. The highest BCUT2D eigenvalue weighted by atomic mass is 32.2. The third-order valence-electron chi connectivity index (χ3n) is 2.20. The maximum atomic E-state index is 5.65. The minimum Gasteiger partial charge on any atom is -0.384 e. The molecule has 1 aromatic heterocycles. The Morgan fingerprint density at radius 3 is 3.15 bits per heavy atom. The van der Waals surface area contributed by atoms with Crippen molar-refractivity contribution in [1.29, 1.82) is 0 Å². The first-order chi connectivity index (χ1) is 6.27. The van der Waals surface area contributed by atoms with Gasteiger partial charge in [-0.15, -0.1) is 11.8 Å². The molecule has 1 aliphatic rings. The van der Waals surface area contributed by atoms with Gasteiger partial charge in [-0.1, -0.05) is 6.08 Å². The lowest BCUT2D eigenvalue weighted by Gasteiger charge is -2.12. The van der Waals surface area contributed by atoms with Gasteiger partial charge < -0.3 is 5.73 Å². The molecular weight excluding hydrogens is 180 g/mol. The number of rotatable bonds is 1. The first-order valence-electron chi connectivity index (χ1n) is 4.30. The number of aryl methyl sites for hydroxylation is 1. The Bertz CT molecular complexity index is 339. The van der Waals surface area contributed by atoms with E-state index in [2.05, 4.69) is 23.4 Å². The molecule has 2 heterocycles. The molecule has 0 fully saturated rings. The number of anilines is 1. The van der Waals surface area contributed by atoms with Crippen LogP contribution in [-0.4, -0.2) is 4.98 Å². The van der Waals surface area contributed by atoms with Gasteiger partial charge in [-0.25, -0.2) is 4.98 Å². The minimum atomic E-state index is 0.547. The highest BCUT2D eigenvalue weighted by Crippen LogP contribution is 2.39. The van der Waals surface area contributed by atoms with E-state index in [-0.39, 0.29) is 0 Å². The summed E-state index contributed by atoms with van der Waals surface area (Å²) in [4.78, 5) is 4.06. The van der Waals surface area contributed by atoms with Crippen molar-refractivity contribution in [3.8, 4) is 0 Å². The van der Waals surface area contributed by atoms with Crippen LogP contribution in [0.3, 0.4) is 0 Å². The van der Waals surface area contributed by atoms with Crippen molar-refractivity contribution in [3.05, 3.63) is 34.9 Å². The molecule has 0 amide bonds. The standard InChI is InChI=1S/C10H12N2S/c1-7-6-12-10(11)5-8(7)9-3-2-4-13-9/h2,4-6,9H,3H2,1H3,(H2,11,12). The fourth-order valence-electron chi connectivity index (χ4n) is 1.49. The van der Waals surface area contributed by atoms with Crippen LogP contribution in [-0.2, 0) is 0 Å². The predicted octanol–water partition coefficient (Wildman–Crippen LogP) is 2.66. The number of pyridine rings is 1. The zero-order valence-corrected chi connectivity index (χ0v) is 8.34. The lowest BCUT2D eigenvalue weighted by molar-refractivity contribution is 0.969. The van der Waals surface area contributed by atoms with E-state index in [9.17, 15) is 0 Å². The van der Waals surface area contributed by atoms with Crippen LogP contribution < -0.4 is 5.73 Å². The van der Waals surface area contributed by atoms with Crippen LogP contribution in [0.15, 0.2) is 23.7 Å². The molecule has 13 heavy (non-hydrogen) atoms. The van der Waals surface area contributed by atoms with Crippen molar-refractivity contribution in [2.75, 3.05) is 5.73 Å². The summed E-state index contributed by atoms with van der Waals surface area (Å²) in [6, 6.07) is 1.99. The average molecular weight is 192 g/mol. The van der Waals surface area contributed by atoms with Gasteiger partial charge in [0.1, 0.15) is 5.82 Å². The summed E-state index contributed by atoms with van der Waals surface area (Å²) >= 11 is 1.85. The molecule has 1 unspecified atom stereocenters. The van der Waals surface area contributed by atoms with E-state index in [1.807, 2.05) is 24.0 Å². The first-order valence-corrected chi connectivity index (χ1v) is 5.24. The maximum absolute atomic E-state index is 5.65. The van der Waals surface area contributed by atoms with Gasteiger partial charge >= 0.3 is 0 Å². The molecule has 1 aliphatic heterocycles. The molecule has 1 aromatic rings. The van der Waals surface area contributed by atoms with Gasteiger partial charge in [0, 0.05) is 11.4 Å².